The molecule has 1 N–H and O–H groups in total. The molecule has 2 aromatic carbocycles. The molecule has 0 aromatic heterocycles. The molecule has 0 saturated carbocycles. The molecule has 7 heteroatoms. The summed E-state index contributed by atoms with van der Waals surface area (Å²) in [5.41, 5.74) is 3.87. The Hall–Kier alpha value is -3.16. The number of carbonyl (C=O) groups excluding carboxylic acids is 2. The molecular formula is C28H33NO6. The van der Waals surface area contributed by atoms with Gasteiger partial charge >= 0.3 is 11.9 Å². The molecule has 186 valence electrons. The summed E-state index contributed by atoms with van der Waals surface area (Å²) < 4.78 is 16.2. The van der Waals surface area contributed by atoms with Crippen LogP contribution < -0.4 is 0 Å². The van der Waals surface area contributed by atoms with Gasteiger partial charge in [0.25, 0.3) is 0 Å². The van der Waals surface area contributed by atoms with E-state index in [1.807, 2.05) is 62.4 Å². The molecule has 1 saturated heterocycles. The molecule has 4 unspecified atom stereocenters. The van der Waals surface area contributed by atoms with Crippen LogP contribution in [0.1, 0.15) is 47.2 Å². The number of rotatable bonds is 6. The highest BCUT2D eigenvalue weighted by Gasteiger charge is 2.50. The normalized spacial score (nSPS) is 24.9. The van der Waals surface area contributed by atoms with E-state index in [9.17, 15) is 14.7 Å². The van der Waals surface area contributed by atoms with Crippen LogP contribution in [0.3, 0.4) is 0 Å². The maximum absolute atomic E-state index is 13.1. The number of benzene rings is 2. The van der Waals surface area contributed by atoms with Crippen LogP contribution in [0.25, 0.3) is 0 Å². The van der Waals surface area contributed by atoms with E-state index in [0.717, 1.165) is 35.1 Å². The lowest BCUT2D eigenvalue weighted by Gasteiger charge is -2.46. The highest BCUT2D eigenvalue weighted by atomic mass is 16.5. The average Bonchev–Trinajstić information content (AvgIpc) is 3.38. The number of methoxy groups -OCH3 is 2. The van der Waals surface area contributed by atoms with Crippen molar-refractivity contribution < 1.29 is 28.9 Å². The van der Waals surface area contributed by atoms with E-state index >= 15 is 0 Å². The van der Waals surface area contributed by atoms with Crippen LogP contribution in [0.15, 0.2) is 59.9 Å². The zero-order chi connectivity index (χ0) is 25.1. The van der Waals surface area contributed by atoms with Gasteiger partial charge in [0.05, 0.1) is 38.0 Å². The Balaban J connectivity index is 1.97. The Bertz CT molecular complexity index is 1090. The number of nitrogens with zero attached hydrogens (tertiary/aromatic N) is 1. The average molecular weight is 480 g/mol. The van der Waals surface area contributed by atoms with E-state index in [1.54, 1.807) is 0 Å². The van der Waals surface area contributed by atoms with Crippen molar-refractivity contribution in [2.24, 2.45) is 5.92 Å². The van der Waals surface area contributed by atoms with Crippen molar-refractivity contribution >= 4 is 11.9 Å². The fourth-order valence-electron chi connectivity index (χ4n) is 5.17. The third kappa shape index (κ3) is 4.97. The molecule has 2 aromatic rings. The summed E-state index contributed by atoms with van der Waals surface area (Å²) in [7, 11) is 2.56. The molecule has 2 heterocycles. The maximum atomic E-state index is 13.1. The van der Waals surface area contributed by atoms with Crippen molar-refractivity contribution in [3.05, 3.63) is 82.1 Å². The van der Waals surface area contributed by atoms with Crippen molar-refractivity contribution in [1.82, 2.24) is 4.90 Å². The SMILES string of the molecule is COC(=O)C1=C(O)C(C(=O)OC)C(c2ccc(C)cc2)N(CC2CCCO2)C1c1ccc(C)cc1. The van der Waals surface area contributed by atoms with Crippen molar-refractivity contribution in [3.63, 3.8) is 0 Å². The van der Waals surface area contributed by atoms with Gasteiger partial charge < -0.3 is 19.3 Å². The molecule has 1 fully saturated rings. The van der Waals surface area contributed by atoms with Crippen LogP contribution in [0.2, 0.25) is 0 Å². The number of ether oxygens (including phenoxy) is 3. The lowest BCUT2D eigenvalue weighted by Crippen LogP contribution is -2.49. The minimum absolute atomic E-state index is 0.0492. The van der Waals surface area contributed by atoms with Crippen LogP contribution in [-0.4, -0.2) is 55.4 Å². The summed E-state index contributed by atoms with van der Waals surface area (Å²) >= 11 is 0. The van der Waals surface area contributed by atoms with E-state index in [0.29, 0.717) is 13.2 Å². The second-order valence-corrected chi connectivity index (χ2v) is 9.29. The number of esters is 2. The van der Waals surface area contributed by atoms with E-state index in [4.69, 9.17) is 14.2 Å². The van der Waals surface area contributed by atoms with Gasteiger partial charge in [-0.05, 0) is 37.8 Å². The summed E-state index contributed by atoms with van der Waals surface area (Å²) in [6, 6.07) is 14.5. The molecule has 2 aliphatic rings. The standard InChI is InChI=1S/C28H33NO6/c1-17-7-11-19(12-8-17)24-22(27(31)33-3)26(30)23(28(32)34-4)25(20-13-9-18(2)10-14-20)29(24)16-21-6-5-15-35-21/h7-14,21-22,24-25,30H,5-6,15-16H2,1-4H3. The van der Waals surface area contributed by atoms with Crippen LogP contribution in [0.4, 0.5) is 0 Å². The van der Waals surface area contributed by atoms with Gasteiger partial charge in [-0.15, -0.1) is 0 Å². The number of hydrogen-bond donors (Lipinski definition) is 1. The Morgan fingerprint density at radius 1 is 0.971 bits per heavy atom. The number of aliphatic hydroxyl groups excluding tert-OH is 1. The Labute approximate surface area is 206 Å². The lowest BCUT2D eigenvalue weighted by atomic mass is 9.78. The second kappa shape index (κ2) is 10.6. The molecule has 2 aliphatic heterocycles. The zero-order valence-corrected chi connectivity index (χ0v) is 20.7. The molecule has 4 atom stereocenters. The summed E-state index contributed by atoms with van der Waals surface area (Å²) in [5.74, 6) is -2.71. The number of carbonyl (C=O) groups is 2. The highest BCUT2D eigenvalue weighted by molar-refractivity contribution is 5.93. The molecule has 0 spiro atoms. The molecular weight excluding hydrogens is 446 g/mol. The smallest absolute Gasteiger partial charge is 0.339 e. The molecule has 7 nitrogen and oxygen atoms in total. The Morgan fingerprint density at radius 3 is 2.09 bits per heavy atom. The monoisotopic (exact) mass is 479 g/mol. The summed E-state index contributed by atoms with van der Waals surface area (Å²) in [6.07, 6.45) is 1.77. The quantitative estimate of drug-likeness (QED) is 0.617. The molecule has 4 rings (SSSR count). The van der Waals surface area contributed by atoms with E-state index < -0.39 is 29.9 Å². The number of aliphatic hydroxyl groups is 1. The first-order valence-corrected chi connectivity index (χ1v) is 11.9. The van der Waals surface area contributed by atoms with Crippen LogP contribution in [0.5, 0.6) is 0 Å². The van der Waals surface area contributed by atoms with Gasteiger partial charge in [-0.25, -0.2) is 4.79 Å². The lowest BCUT2D eigenvalue weighted by molar-refractivity contribution is -0.150. The van der Waals surface area contributed by atoms with Gasteiger partial charge in [0.15, 0.2) is 0 Å². The van der Waals surface area contributed by atoms with Gasteiger partial charge in [0, 0.05) is 13.2 Å². The molecule has 35 heavy (non-hydrogen) atoms. The molecule has 0 aliphatic carbocycles. The van der Waals surface area contributed by atoms with Crippen LogP contribution in [-0.2, 0) is 23.8 Å². The zero-order valence-electron chi connectivity index (χ0n) is 20.7. The summed E-state index contributed by atoms with van der Waals surface area (Å²) in [4.78, 5) is 28.3. The van der Waals surface area contributed by atoms with Gasteiger partial charge in [0.2, 0.25) is 0 Å². The van der Waals surface area contributed by atoms with E-state index in [-0.39, 0.29) is 17.4 Å². The van der Waals surface area contributed by atoms with Gasteiger partial charge in [-0.3, -0.25) is 9.69 Å². The first-order valence-electron chi connectivity index (χ1n) is 11.9. The molecule has 0 radical (unpaired) electrons. The third-order valence-corrected chi connectivity index (χ3v) is 6.96. The predicted octanol–water partition coefficient (Wildman–Crippen LogP) is 4.35. The van der Waals surface area contributed by atoms with Crippen LogP contribution in [0, 0.1) is 19.8 Å². The molecule has 0 amide bonds. The van der Waals surface area contributed by atoms with E-state index in [2.05, 4.69) is 4.90 Å². The van der Waals surface area contributed by atoms with Crippen molar-refractivity contribution in [2.75, 3.05) is 27.4 Å². The van der Waals surface area contributed by atoms with Crippen molar-refractivity contribution in [2.45, 2.75) is 44.9 Å². The summed E-state index contributed by atoms with van der Waals surface area (Å²) in [6.45, 7) is 5.13. The third-order valence-electron chi connectivity index (χ3n) is 6.96. The first-order chi connectivity index (χ1) is 16.8. The molecule has 0 bridgehead atoms. The maximum Gasteiger partial charge on any atom is 0.339 e. The Morgan fingerprint density at radius 2 is 1.57 bits per heavy atom. The van der Waals surface area contributed by atoms with Crippen molar-refractivity contribution in [1.29, 1.82) is 0 Å². The van der Waals surface area contributed by atoms with Gasteiger partial charge in [0.1, 0.15) is 11.7 Å². The Kier molecular flexibility index (Phi) is 7.57. The minimum Gasteiger partial charge on any atom is -0.511 e. The predicted molar refractivity (Wildman–Crippen MR) is 131 cm³/mol. The highest BCUT2D eigenvalue weighted by Crippen LogP contribution is 2.48. The van der Waals surface area contributed by atoms with Gasteiger partial charge in [-0.1, -0.05) is 59.7 Å². The van der Waals surface area contributed by atoms with Gasteiger partial charge in [-0.2, -0.15) is 0 Å². The minimum atomic E-state index is -1.10. The largest absolute Gasteiger partial charge is 0.511 e. The fourth-order valence-corrected chi connectivity index (χ4v) is 5.17. The fraction of sp³-hybridized carbons (Fsp3) is 0.429. The number of hydrogen-bond acceptors (Lipinski definition) is 7. The first kappa shape index (κ1) is 24.9. The van der Waals surface area contributed by atoms with E-state index in [1.165, 1.54) is 14.2 Å². The summed E-state index contributed by atoms with van der Waals surface area (Å²) in [5, 5.41) is 11.5. The topological polar surface area (TPSA) is 85.3 Å². The second-order valence-electron chi connectivity index (χ2n) is 9.29. The van der Waals surface area contributed by atoms with Crippen molar-refractivity contribution in [3.8, 4) is 0 Å². The number of aryl methyl sites for hydroxylation is 2. The van der Waals surface area contributed by atoms with Crippen LogP contribution >= 0.6 is 0 Å².